The number of aromatic nitrogens is 3. The summed E-state index contributed by atoms with van der Waals surface area (Å²) in [4.78, 5) is 15.9. The van der Waals surface area contributed by atoms with Crippen LogP contribution in [0.5, 0.6) is 0 Å². The summed E-state index contributed by atoms with van der Waals surface area (Å²) in [6.45, 7) is 11.1. The number of fused-ring (bicyclic) bond motifs is 6. The van der Waals surface area contributed by atoms with Crippen LogP contribution < -0.4 is 4.57 Å². The molecule has 1 radical (unpaired) electrons. The quantitative estimate of drug-likeness (QED) is 0.130. The number of aliphatic imine (C=N–C) groups is 1. The van der Waals surface area contributed by atoms with Crippen molar-refractivity contribution in [3.8, 4) is 17.1 Å². The van der Waals surface area contributed by atoms with E-state index in [1.165, 1.54) is 50.5 Å². The van der Waals surface area contributed by atoms with Crippen molar-refractivity contribution in [2.45, 2.75) is 72.4 Å². The molecule has 0 fully saturated rings. The van der Waals surface area contributed by atoms with E-state index in [9.17, 15) is 0 Å². The van der Waals surface area contributed by atoms with Crippen molar-refractivity contribution in [3.63, 3.8) is 0 Å². The second-order valence-corrected chi connectivity index (χ2v) is 15.7. The van der Waals surface area contributed by atoms with Crippen LogP contribution in [0, 0.1) is 6.07 Å². The summed E-state index contributed by atoms with van der Waals surface area (Å²) < 4.78 is 4.78. The fourth-order valence-electron chi connectivity index (χ4n) is 8.88. The Bertz CT molecular complexity index is 2590. The maximum atomic E-state index is 4.91. The smallest absolute Gasteiger partial charge is 0.294 e. The number of benzene rings is 4. The van der Waals surface area contributed by atoms with E-state index in [2.05, 4.69) is 173 Å². The van der Waals surface area contributed by atoms with Crippen LogP contribution in [0.1, 0.15) is 104 Å². The second kappa shape index (κ2) is 16.3. The fraction of sp³-hybridized carbons (Fsp3) is 0.220. The van der Waals surface area contributed by atoms with Gasteiger partial charge in [0.25, 0.3) is 5.82 Å². The molecular formula is C50H49IrN8-. The van der Waals surface area contributed by atoms with Gasteiger partial charge in [0, 0.05) is 66.9 Å². The second-order valence-electron chi connectivity index (χ2n) is 15.7. The number of hydrogen-bond acceptors (Lipinski definition) is 5. The molecule has 6 aromatic rings. The minimum Gasteiger partial charge on any atom is -0.668 e. The fourth-order valence-corrected chi connectivity index (χ4v) is 8.88. The van der Waals surface area contributed by atoms with E-state index < -0.39 is 0 Å². The molecule has 0 aliphatic carbocycles. The van der Waals surface area contributed by atoms with Crippen LogP contribution in [-0.4, -0.2) is 30.1 Å². The van der Waals surface area contributed by atoms with Crippen LogP contribution in [0.25, 0.3) is 28.5 Å². The van der Waals surface area contributed by atoms with Gasteiger partial charge in [-0.25, -0.2) is 9.56 Å². The number of imidazole rings is 1. The van der Waals surface area contributed by atoms with E-state index in [0.29, 0.717) is 18.0 Å². The number of para-hydroxylation sites is 1. The molecule has 59 heavy (non-hydrogen) atoms. The summed E-state index contributed by atoms with van der Waals surface area (Å²) in [7, 11) is 0. The van der Waals surface area contributed by atoms with Gasteiger partial charge in [-0.15, -0.1) is 5.56 Å². The molecule has 299 valence electrons. The Morgan fingerprint density at radius 3 is 2.36 bits per heavy atom. The standard InChI is InChI=1S/C22H25N2.C17H13N3.C10H7N3.CH4.Ir/c1-15(2)18-10-7-11-19(16(3)4)21(18)24-13-12-23-14-17-8-5-6-9-20(17)22(23)24;1-2-5-12(6-3-1)16-18-14-8-4-7-13-11-19-9-10-20(16)17(19)15(13)14;1-2-8-9(11-4-1)3-6-13-7-5-12-10(8)13;;/h5-13,15-16H,14H2,1-4H3;1-10,17H,11H2;1,3-7,10H;1H4;/q+1;;-2;;. The SMILES string of the molecule is C.C1=CN2C(c3ccccc3)=Nc3cccc4c3C2N1C4.CC(C)c1cccc(C(C)C)c1-n1cc[n+]2c1-c1ccccc1C2.[Ir].[c-]1ccnc2c1C1[N-]C=CN1C=C2. The van der Waals surface area contributed by atoms with Crippen molar-refractivity contribution in [2.24, 2.45) is 4.99 Å². The number of rotatable bonds is 4. The Balaban J connectivity index is 0.000000126. The van der Waals surface area contributed by atoms with Crippen LogP contribution in [-0.2, 0) is 33.2 Å². The summed E-state index contributed by atoms with van der Waals surface area (Å²) in [5.74, 6) is 3.35. The van der Waals surface area contributed by atoms with E-state index in [0.717, 1.165) is 35.9 Å². The van der Waals surface area contributed by atoms with Crippen molar-refractivity contribution >= 4 is 17.6 Å². The molecule has 8 heterocycles. The maximum Gasteiger partial charge on any atom is 0.294 e. The normalized spacial score (nSPS) is 17.3. The van der Waals surface area contributed by atoms with Crippen LogP contribution in [0.2, 0.25) is 0 Å². The van der Waals surface area contributed by atoms with Crippen molar-refractivity contribution in [1.29, 1.82) is 0 Å². The van der Waals surface area contributed by atoms with Gasteiger partial charge >= 0.3 is 0 Å². The van der Waals surface area contributed by atoms with Crippen LogP contribution in [0.15, 0.2) is 152 Å². The summed E-state index contributed by atoms with van der Waals surface area (Å²) in [5, 5.41) is 4.32. The Hall–Kier alpha value is -6.02. The van der Waals surface area contributed by atoms with Gasteiger partial charge in [0.05, 0.1) is 11.3 Å². The third-order valence-corrected chi connectivity index (χ3v) is 11.6. The molecule has 9 heteroatoms. The molecule has 0 amide bonds. The first kappa shape index (κ1) is 39.8. The summed E-state index contributed by atoms with van der Waals surface area (Å²) in [6, 6.07) is 37.4. The van der Waals surface area contributed by atoms with Gasteiger partial charge in [-0.2, -0.15) is 22.9 Å². The van der Waals surface area contributed by atoms with Crippen molar-refractivity contribution in [1.82, 2.24) is 24.3 Å². The summed E-state index contributed by atoms with van der Waals surface area (Å²) in [5.41, 5.74) is 14.1. The monoisotopic (exact) mass is 954 g/mol. The molecule has 0 bridgehead atoms. The van der Waals surface area contributed by atoms with Crippen molar-refractivity contribution < 1.29 is 24.7 Å². The molecule has 2 aromatic heterocycles. The average Bonchev–Trinajstić information content (AvgIpc) is 4.09. The molecule has 2 atom stereocenters. The van der Waals surface area contributed by atoms with E-state index in [1.54, 1.807) is 6.20 Å². The van der Waals surface area contributed by atoms with Gasteiger partial charge in [-0.3, -0.25) is 0 Å². The van der Waals surface area contributed by atoms with Crippen LogP contribution >= 0.6 is 0 Å². The van der Waals surface area contributed by atoms with Crippen LogP contribution in [0.4, 0.5) is 5.69 Å². The molecule has 2 unspecified atom stereocenters. The molecule has 0 saturated heterocycles. The maximum absolute atomic E-state index is 4.91. The Kier molecular flexibility index (Phi) is 11.0. The summed E-state index contributed by atoms with van der Waals surface area (Å²) >= 11 is 0. The molecule has 8 nitrogen and oxygen atoms in total. The Labute approximate surface area is 361 Å². The molecule has 6 aliphatic rings. The van der Waals surface area contributed by atoms with E-state index >= 15 is 0 Å². The predicted molar refractivity (Wildman–Crippen MR) is 233 cm³/mol. The minimum absolute atomic E-state index is 0. The first-order valence-corrected chi connectivity index (χ1v) is 19.9. The van der Waals surface area contributed by atoms with Crippen molar-refractivity contribution in [2.75, 3.05) is 0 Å². The first-order chi connectivity index (χ1) is 27.9. The first-order valence-electron chi connectivity index (χ1n) is 19.9. The molecule has 0 spiro atoms. The average molecular weight is 954 g/mol. The molecule has 6 aliphatic heterocycles. The van der Waals surface area contributed by atoms with Gasteiger partial charge in [0.15, 0.2) is 0 Å². The van der Waals surface area contributed by atoms with Gasteiger partial charge in [0.1, 0.15) is 36.6 Å². The van der Waals surface area contributed by atoms with Crippen molar-refractivity contribution in [3.05, 3.63) is 203 Å². The van der Waals surface area contributed by atoms with E-state index in [1.807, 2.05) is 41.7 Å². The van der Waals surface area contributed by atoms with Gasteiger partial charge < -0.3 is 25.0 Å². The van der Waals surface area contributed by atoms with E-state index in [-0.39, 0.29) is 33.7 Å². The number of hydrogen-bond donors (Lipinski definition) is 0. The topological polar surface area (TPSA) is 57.9 Å². The Morgan fingerprint density at radius 1 is 0.814 bits per heavy atom. The van der Waals surface area contributed by atoms with Gasteiger partial charge in [0.2, 0.25) is 0 Å². The number of nitrogens with zero attached hydrogens (tertiary/aromatic N) is 8. The predicted octanol–water partition coefficient (Wildman–Crippen LogP) is 11.1. The van der Waals surface area contributed by atoms with Gasteiger partial charge in [-0.05, 0) is 53.8 Å². The summed E-state index contributed by atoms with van der Waals surface area (Å²) in [6.07, 6.45) is 18.6. The zero-order valence-electron chi connectivity index (χ0n) is 33.1. The third kappa shape index (κ3) is 6.92. The largest absolute Gasteiger partial charge is 0.668 e. The molecule has 0 N–H and O–H groups in total. The zero-order valence-corrected chi connectivity index (χ0v) is 35.5. The minimum atomic E-state index is 0. The molecule has 4 aromatic carbocycles. The van der Waals surface area contributed by atoms with Crippen LogP contribution in [0.3, 0.4) is 0 Å². The third-order valence-electron chi connectivity index (χ3n) is 11.6. The number of amidine groups is 1. The van der Waals surface area contributed by atoms with E-state index in [4.69, 9.17) is 4.99 Å². The van der Waals surface area contributed by atoms with Gasteiger partial charge in [-0.1, -0.05) is 126 Å². The zero-order chi connectivity index (χ0) is 38.6. The Morgan fingerprint density at radius 2 is 1.56 bits per heavy atom. The number of pyridine rings is 1. The molecule has 12 rings (SSSR count). The molecule has 0 saturated carbocycles. The molecular weight excluding hydrogens is 905 g/mol.